The monoisotopic (exact) mass is 251 g/mol. The van der Waals surface area contributed by atoms with E-state index in [1.54, 1.807) is 6.07 Å². The maximum absolute atomic E-state index is 13.3. The second-order valence-corrected chi connectivity index (χ2v) is 5.14. The molecule has 1 aromatic carbocycles. The molecular formula is C15H22FNO. The first kappa shape index (κ1) is 13.5. The summed E-state index contributed by atoms with van der Waals surface area (Å²) in [4.78, 5) is 0. The van der Waals surface area contributed by atoms with E-state index in [1.807, 2.05) is 13.0 Å². The first-order chi connectivity index (χ1) is 8.66. The van der Waals surface area contributed by atoms with Crippen molar-refractivity contribution in [2.75, 3.05) is 6.54 Å². The molecule has 2 nitrogen and oxygen atoms in total. The molecule has 2 rings (SSSR count). The quantitative estimate of drug-likeness (QED) is 0.865. The standard InChI is InChI=1S/C15H22FNO/c1-2-15(18,12-7-6-8-13(16)11-12)14-9-4-3-5-10-17-14/h6-8,11,14,17-18H,2-5,9-10H2,1H3. The second-order valence-electron chi connectivity index (χ2n) is 5.14. The van der Waals surface area contributed by atoms with Crippen LogP contribution in [0.4, 0.5) is 4.39 Å². The van der Waals surface area contributed by atoms with Crippen molar-refractivity contribution in [3.63, 3.8) is 0 Å². The van der Waals surface area contributed by atoms with E-state index in [2.05, 4.69) is 5.32 Å². The van der Waals surface area contributed by atoms with E-state index in [9.17, 15) is 9.50 Å². The van der Waals surface area contributed by atoms with Crippen LogP contribution in [0.1, 0.15) is 44.6 Å². The Bertz CT molecular complexity index is 388. The van der Waals surface area contributed by atoms with Crippen LogP contribution in [0.5, 0.6) is 0 Å². The molecule has 0 spiro atoms. The molecular weight excluding hydrogens is 229 g/mol. The Morgan fingerprint density at radius 2 is 2.22 bits per heavy atom. The number of aliphatic hydroxyl groups is 1. The third kappa shape index (κ3) is 2.73. The molecule has 1 saturated heterocycles. The Kier molecular flexibility index (Phi) is 4.36. The molecule has 1 fully saturated rings. The maximum Gasteiger partial charge on any atom is 0.123 e. The first-order valence-electron chi connectivity index (χ1n) is 6.88. The summed E-state index contributed by atoms with van der Waals surface area (Å²) in [6.07, 6.45) is 5.01. The van der Waals surface area contributed by atoms with Crippen molar-refractivity contribution in [1.29, 1.82) is 0 Å². The predicted molar refractivity (Wildman–Crippen MR) is 70.8 cm³/mol. The van der Waals surface area contributed by atoms with Crippen molar-refractivity contribution in [2.24, 2.45) is 0 Å². The highest BCUT2D eigenvalue weighted by atomic mass is 19.1. The van der Waals surface area contributed by atoms with Crippen molar-refractivity contribution in [3.05, 3.63) is 35.6 Å². The van der Waals surface area contributed by atoms with Gasteiger partial charge < -0.3 is 10.4 Å². The summed E-state index contributed by atoms with van der Waals surface area (Å²) in [6.45, 7) is 2.89. The van der Waals surface area contributed by atoms with Crippen LogP contribution in [0, 0.1) is 5.82 Å². The third-order valence-corrected chi connectivity index (χ3v) is 4.00. The van der Waals surface area contributed by atoms with Gasteiger partial charge in [-0.2, -0.15) is 0 Å². The van der Waals surface area contributed by atoms with Gasteiger partial charge in [-0.15, -0.1) is 0 Å². The molecule has 100 valence electrons. The van der Waals surface area contributed by atoms with Crippen molar-refractivity contribution in [3.8, 4) is 0 Å². The number of nitrogens with one attached hydrogen (secondary N) is 1. The van der Waals surface area contributed by atoms with E-state index in [0.29, 0.717) is 12.0 Å². The number of rotatable bonds is 3. The molecule has 1 heterocycles. The zero-order chi connectivity index (χ0) is 13.0. The van der Waals surface area contributed by atoms with Gasteiger partial charge in [-0.05, 0) is 43.5 Å². The fourth-order valence-corrected chi connectivity index (χ4v) is 2.85. The van der Waals surface area contributed by atoms with Crippen LogP contribution in [-0.2, 0) is 5.60 Å². The first-order valence-corrected chi connectivity index (χ1v) is 6.88. The third-order valence-electron chi connectivity index (χ3n) is 4.00. The highest BCUT2D eigenvalue weighted by molar-refractivity contribution is 5.25. The van der Waals surface area contributed by atoms with Crippen LogP contribution in [0.15, 0.2) is 24.3 Å². The van der Waals surface area contributed by atoms with Crippen LogP contribution in [0.2, 0.25) is 0 Å². The van der Waals surface area contributed by atoms with Gasteiger partial charge >= 0.3 is 0 Å². The smallest absolute Gasteiger partial charge is 0.123 e. The predicted octanol–water partition coefficient (Wildman–Crippen LogP) is 2.96. The average Bonchev–Trinajstić information content (AvgIpc) is 2.67. The fraction of sp³-hybridized carbons (Fsp3) is 0.600. The van der Waals surface area contributed by atoms with Crippen LogP contribution < -0.4 is 5.32 Å². The minimum absolute atomic E-state index is 0.0202. The van der Waals surface area contributed by atoms with Crippen LogP contribution in [-0.4, -0.2) is 17.7 Å². The van der Waals surface area contributed by atoms with Crippen LogP contribution in [0.3, 0.4) is 0 Å². The van der Waals surface area contributed by atoms with E-state index in [0.717, 1.165) is 25.8 Å². The van der Waals surface area contributed by atoms with E-state index in [4.69, 9.17) is 0 Å². The highest BCUT2D eigenvalue weighted by Gasteiger charge is 2.36. The molecule has 1 aliphatic heterocycles. The number of halogens is 1. The van der Waals surface area contributed by atoms with E-state index in [-0.39, 0.29) is 11.9 Å². The summed E-state index contributed by atoms with van der Waals surface area (Å²) in [7, 11) is 0. The van der Waals surface area contributed by atoms with Gasteiger partial charge in [0.15, 0.2) is 0 Å². The zero-order valence-electron chi connectivity index (χ0n) is 11.0. The molecule has 1 aromatic rings. The molecule has 1 aliphatic rings. The second kappa shape index (κ2) is 5.81. The Labute approximate surface area is 108 Å². The van der Waals surface area contributed by atoms with Crippen LogP contribution >= 0.6 is 0 Å². The molecule has 2 atom stereocenters. The summed E-state index contributed by atoms with van der Waals surface area (Å²) >= 11 is 0. The Morgan fingerprint density at radius 3 is 2.94 bits per heavy atom. The largest absolute Gasteiger partial charge is 0.384 e. The van der Waals surface area contributed by atoms with Gasteiger partial charge in [-0.3, -0.25) is 0 Å². The molecule has 0 aliphatic carbocycles. The summed E-state index contributed by atoms with van der Waals surface area (Å²) in [6, 6.07) is 6.38. The Hall–Kier alpha value is -0.930. The fourth-order valence-electron chi connectivity index (χ4n) is 2.85. The zero-order valence-corrected chi connectivity index (χ0v) is 11.0. The number of hydrogen-bond acceptors (Lipinski definition) is 2. The number of benzene rings is 1. The number of hydrogen-bond donors (Lipinski definition) is 2. The molecule has 0 aromatic heterocycles. The molecule has 18 heavy (non-hydrogen) atoms. The normalized spacial score (nSPS) is 24.3. The molecule has 2 unspecified atom stereocenters. The average molecular weight is 251 g/mol. The molecule has 2 N–H and O–H groups in total. The van der Waals surface area contributed by atoms with E-state index >= 15 is 0 Å². The summed E-state index contributed by atoms with van der Waals surface area (Å²) in [5, 5.41) is 14.4. The Morgan fingerprint density at radius 1 is 1.39 bits per heavy atom. The molecule has 0 amide bonds. The molecule has 0 saturated carbocycles. The lowest BCUT2D eigenvalue weighted by Crippen LogP contribution is -2.48. The van der Waals surface area contributed by atoms with Gasteiger partial charge in [0.25, 0.3) is 0 Å². The summed E-state index contributed by atoms with van der Waals surface area (Å²) in [5.74, 6) is -0.284. The topological polar surface area (TPSA) is 32.3 Å². The molecule has 0 bridgehead atoms. The highest BCUT2D eigenvalue weighted by Crippen LogP contribution is 2.32. The van der Waals surface area contributed by atoms with Gasteiger partial charge in [-0.1, -0.05) is 31.9 Å². The van der Waals surface area contributed by atoms with Gasteiger partial charge in [0.05, 0.1) is 0 Å². The summed E-state index contributed by atoms with van der Waals surface area (Å²) < 4.78 is 13.3. The van der Waals surface area contributed by atoms with Crippen molar-refractivity contribution < 1.29 is 9.50 Å². The molecule has 0 radical (unpaired) electrons. The van der Waals surface area contributed by atoms with Crippen molar-refractivity contribution in [2.45, 2.75) is 50.7 Å². The lowest BCUT2D eigenvalue weighted by atomic mass is 9.82. The van der Waals surface area contributed by atoms with Crippen molar-refractivity contribution >= 4 is 0 Å². The lowest BCUT2D eigenvalue weighted by molar-refractivity contribution is -0.00901. The van der Waals surface area contributed by atoms with E-state index < -0.39 is 5.60 Å². The van der Waals surface area contributed by atoms with Gasteiger partial charge in [0.1, 0.15) is 11.4 Å². The van der Waals surface area contributed by atoms with Crippen molar-refractivity contribution in [1.82, 2.24) is 5.32 Å². The molecule has 3 heteroatoms. The summed E-state index contributed by atoms with van der Waals surface area (Å²) in [5.41, 5.74) is -0.281. The Balaban J connectivity index is 2.28. The minimum Gasteiger partial charge on any atom is -0.384 e. The van der Waals surface area contributed by atoms with E-state index in [1.165, 1.54) is 18.6 Å². The van der Waals surface area contributed by atoms with Gasteiger partial charge in [0.2, 0.25) is 0 Å². The van der Waals surface area contributed by atoms with Gasteiger partial charge in [-0.25, -0.2) is 4.39 Å². The van der Waals surface area contributed by atoms with Gasteiger partial charge in [0, 0.05) is 6.04 Å². The maximum atomic E-state index is 13.3. The minimum atomic E-state index is -0.966. The SMILES string of the molecule is CCC(O)(c1cccc(F)c1)C1CCCCCN1. The van der Waals surface area contributed by atoms with Crippen LogP contribution in [0.25, 0.3) is 0 Å². The lowest BCUT2D eigenvalue weighted by Gasteiger charge is -2.36.